The largest absolute Gasteiger partial charge is 0.496 e. The number of aromatic nitrogens is 2. The van der Waals surface area contributed by atoms with Crippen LogP contribution in [0.4, 0.5) is 0 Å². The number of hydrogen-bond acceptors (Lipinski definition) is 3. The second-order valence-electron chi connectivity index (χ2n) is 4.16. The molecule has 3 heteroatoms. The third-order valence-corrected chi connectivity index (χ3v) is 2.68. The van der Waals surface area contributed by atoms with Crippen molar-refractivity contribution in [3.05, 3.63) is 42.2 Å². The molecule has 0 saturated carbocycles. The molecule has 1 heterocycles. The van der Waals surface area contributed by atoms with Crippen LogP contribution in [0.3, 0.4) is 0 Å². The molecule has 88 valence electrons. The van der Waals surface area contributed by atoms with E-state index in [1.807, 2.05) is 18.2 Å². The number of para-hydroxylation sites is 1. The highest BCUT2D eigenvalue weighted by atomic mass is 16.5. The van der Waals surface area contributed by atoms with E-state index >= 15 is 0 Å². The normalized spacial score (nSPS) is 10.6. The van der Waals surface area contributed by atoms with Crippen LogP contribution in [-0.4, -0.2) is 17.1 Å². The highest BCUT2D eigenvalue weighted by molar-refractivity contribution is 5.66. The van der Waals surface area contributed by atoms with Crippen molar-refractivity contribution >= 4 is 0 Å². The Balaban J connectivity index is 2.59. The summed E-state index contributed by atoms with van der Waals surface area (Å²) in [5.41, 5.74) is 2.12. The Hall–Kier alpha value is -1.90. The monoisotopic (exact) mass is 228 g/mol. The lowest BCUT2D eigenvalue weighted by Gasteiger charge is -2.14. The van der Waals surface area contributed by atoms with Gasteiger partial charge in [-0.05, 0) is 23.6 Å². The molecule has 0 unspecified atom stereocenters. The Bertz CT molecular complexity index is 495. The van der Waals surface area contributed by atoms with Crippen molar-refractivity contribution in [2.45, 2.75) is 19.8 Å². The number of benzene rings is 1. The summed E-state index contributed by atoms with van der Waals surface area (Å²) in [4.78, 5) is 8.53. The second kappa shape index (κ2) is 4.95. The van der Waals surface area contributed by atoms with Gasteiger partial charge in [-0.15, -0.1) is 0 Å². The maximum absolute atomic E-state index is 5.51. The number of rotatable bonds is 3. The van der Waals surface area contributed by atoms with Crippen LogP contribution in [0.15, 0.2) is 36.7 Å². The van der Waals surface area contributed by atoms with E-state index < -0.39 is 0 Å². The molecule has 1 aromatic heterocycles. The van der Waals surface area contributed by atoms with Crippen molar-refractivity contribution in [3.8, 4) is 17.1 Å². The molecule has 0 saturated heterocycles. The topological polar surface area (TPSA) is 35.0 Å². The van der Waals surface area contributed by atoms with E-state index in [4.69, 9.17) is 4.74 Å². The zero-order chi connectivity index (χ0) is 12.3. The van der Waals surface area contributed by atoms with Crippen molar-refractivity contribution in [3.63, 3.8) is 0 Å². The fraction of sp³-hybridized carbons (Fsp3) is 0.286. The van der Waals surface area contributed by atoms with E-state index in [9.17, 15) is 0 Å². The van der Waals surface area contributed by atoms with Gasteiger partial charge in [-0.3, -0.25) is 0 Å². The fourth-order valence-electron chi connectivity index (χ4n) is 1.85. The van der Waals surface area contributed by atoms with Crippen LogP contribution in [-0.2, 0) is 0 Å². The van der Waals surface area contributed by atoms with E-state index in [1.54, 1.807) is 19.5 Å². The molecule has 0 radical (unpaired) electrons. The molecule has 1 aromatic carbocycles. The summed E-state index contributed by atoms with van der Waals surface area (Å²) in [6.07, 6.45) is 3.48. The van der Waals surface area contributed by atoms with E-state index in [2.05, 4.69) is 29.9 Å². The fourth-order valence-corrected chi connectivity index (χ4v) is 1.85. The summed E-state index contributed by atoms with van der Waals surface area (Å²) in [7, 11) is 1.69. The first-order chi connectivity index (χ1) is 8.24. The van der Waals surface area contributed by atoms with E-state index in [1.165, 1.54) is 5.56 Å². The summed E-state index contributed by atoms with van der Waals surface area (Å²) >= 11 is 0. The van der Waals surface area contributed by atoms with Crippen LogP contribution in [0.1, 0.15) is 25.3 Å². The van der Waals surface area contributed by atoms with Gasteiger partial charge in [-0.1, -0.05) is 26.0 Å². The average molecular weight is 228 g/mol. The summed E-state index contributed by atoms with van der Waals surface area (Å²) in [5, 5.41) is 0. The Labute approximate surface area is 102 Å². The Kier molecular flexibility index (Phi) is 3.38. The first-order valence-corrected chi connectivity index (χ1v) is 5.68. The Morgan fingerprint density at radius 3 is 2.35 bits per heavy atom. The van der Waals surface area contributed by atoms with Crippen LogP contribution >= 0.6 is 0 Å². The zero-order valence-electron chi connectivity index (χ0n) is 10.3. The third kappa shape index (κ3) is 2.28. The summed E-state index contributed by atoms with van der Waals surface area (Å²) in [5.74, 6) is 1.98. The molecule has 17 heavy (non-hydrogen) atoms. The lowest BCUT2D eigenvalue weighted by atomic mass is 9.99. The molecule has 0 N–H and O–H groups in total. The van der Waals surface area contributed by atoms with Gasteiger partial charge in [-0.25, -0.2) is 9.97 Å². The van der Waals surface area contributed by atoms with Crippen molar-refractivity contribution in [1.82, 2.24) is 9.97 Å². The minimum atomic E-state index is 0.411. The van der Waals surface area contributed by atoms with E-state index in [-0.39, 0.29) is 0 Å². The number of hydrogen-bond donors (Lipinski definition) is 0. The van der Waals surface area contributed by atoms with E-state index in [0.29, 0.717) is 11.7 Å². The molecule has 0 aliphatic heterocycles. The van der Waals surface area contributed by atoms with Crippen LogP contribution in [0.25, 0.3) is 11.4 Å². The van der Waals surface area contributed by atoms with Gasteiger partial charge >= 0.3 is 0 Å². The molecule has 2 rings (SSSR count). The lowest BCUT2D eigenvalue weighted by molar-refractivity contribution is 0.409. The Morgan fingerprint density at radius 1 is 1.06 bits per heavy atom. The molecular formula is C14H16N2O. The van der Waals surface area contributed by atoms with Crippen molar-refractivity contribution in [1.29, 1.82) is 0 Å². The number of methoxy groups -OCH3 is 1. The quantitative estimate of drug-likeness (QED) is 0.808. The SMILES string of the molecule is COc1c(-c2ncccn2)cccc1C(C)C. The van der Waals surface area contributed by atoms with Gasteiger partial charge in [0.2, 0.25) is 0 Å². The standard InChI is InChI=1S/C14H16N2O/c1-10(2)11-6-4-7-12(13(11)17-3)14-15-8-5-9-16-14/h4-10H,1-3H3. The number of ether oxygens (including phenoxy) is 1. The van der Waals surface area contributed by atoms with Crippen LogP contribution in [0.2, 0.25) is 0 Å². The van der Waals surface area contributed by atoms with Crippen LogP contribution in [0.5, 0.6) is 5.75 Å². The van der Waals surface area contributed by atoms with Crippen molar-refractivity contribution < 1.29 is 4.74 Å². The molecule has 0 bridgehead atoms. The van der Waals surface area contributed by atoms with Crippen LogP contribution in [0, 0.1) is 0 Å². The molecule has 0 amide bonds. The van der Waals surface area contributed by atoms with Gasteiger partial charge < -0.3 is 4.74 Å². The van der Waals surface area contributed by atoms with Gasteiger partial charge in [0.1, 0.15) is 5.75 Å². The van der Waals surface area contributed by atoms with Gasteiger partial charge in [0.05, 0.1) is 12.7 Å². The lowest BCUT2D eigenvalue weighted by Crippen LogP contribution is -1.98. The number of nitrogens with zero attached hydrogens (tertiary/aromatic N) is 2. The average Bonchev–Trinajstić information content (AvgIpc) is 2.38. The maximum atomic E-state index is 5.51. The van der Waals surface area contributed by atoms with E-state index in [0.717, 1.165) is 11.3 Å². The van der Waals surface area contributed by atoms with Crippen LogP contribution < -0.4 is 4.74 Å². The smallest absolute Gasteiger partial charge is 0.162 e. The molecule has 2 aromatic rings. The molecule has 3 nitrogen and oxygen atoms in total. The van der Waals surface area contributed by atoms with Gasteiger partial charge in [-0.2, -0.15) is 0 Å². The van der Waals surface area contributed by atoms with Crippen molar-refractivity contribution in [2.75, 3.05) is 7.11 Å². The Morgan fingerprint density at radius 2 is 1.76 bits per heavy atom. The predicted molar refractivity (Wildman–Crippen MR) is 68.1 cm³/mol. The first-order valence-electron chi connectivity index (χ1n) is 5.68. The molecular weight excluding hydrogens is 212 g/mol. The molecule has 0 atom stereocenters. The molecule has 0 aliphatic carbocycles. The molecule has 0 fully saturated rings. The highest BCUT2D eigenvalue weighted by Gasteiger charge is 2.14. The van der Waals surface area contributed by atoms with Gasteiger partial charge in [0.25, 0.3) is 0 Å². The summed E-state index contributed by atoms with van der Waals surface area (Å²) in [6.45, 7) is 4.29. The van der Waals surface area contributed by atoms with Gasteiger partial charge in [0, 0.05) is 12.4 Å². The van der Waals surface area contributed by atoms with Crippen molar-refractivity contribution in [2.24, 2.45) is 0 Å². The highest BCUT2D eigenvalue weighted by Crippen LogP contribution is 2.34. The van der Waals surface area contributed by atoms with Gasteiger partial charge in [0.15, 0.2) is 5.82 Å². The summed E-state index contributed by atoms with van der Waals surface area (Å²) in [6, 6.07) is 7.89. The zero-order valence-corrected chi connectivity index (χ0v) is 10.3. The third-order valence-electron chi connectivity index (χ3n) is 2.68. The first kappa shape index (κ1) is 11.6. The predicted octanol–water partition coefficient (Wildman–Crippen LogP) is 3.28. The second-order valence-corrected chi connectivity index (χ2v) is 4.16. The molecule has 0 spiro atoms. The molecule has 0 aliphatic rings. The minimum absolute atomic E-state index is 0.411. The summed E-state index contributed by atoms with van der Waals surface area (Å²) < 4.78 is 5.51. The maximum Gasteiger partial charge on any atom is 0.162 e. The minimum Gasteiger partial charge on any atom is -0.496 e.